The van der Waals surface area contributed by atoms with Gasteiger partial charge in [-0.2, -0.15) is 0 Å². The van der Waals surface area contributed by atoms with Gasteiger partial charge >= 0.3 is 5.97 Å². The fourth-order valence-electron chi connectivity index (χ4n) is 3.36. The lowest BCUT2D eigenvalue weighted by Crippen LogP contribution is -1.97. The van der Waals surface area contributed by atoms with Crippen LogP contribution in [0.2, 0.25) is 0 Å². The van der Waals surface area contributed by atoms with Gasteiger partial charge in [-0.1, -0.05) is 42.8 Å². The average Bonchev–Trinajstić information content (AvgIpc) is 3.05. The van der Waals surface area contributed by atoms with E-state index < -0.39 is 5.97 Å². The zero-order valence-corrected chi connectivity index (χ0v) is 16.0. The number of unbranched alkanes of at least 4 members (excludes halogenated alkanes) is 2. The molecule has 27 heavy (non-hydrogen) atoms. The summed E-state index contributed by atoms with van der Waals surface area (Å²) in [5.74, 6) is 0.136. The average molecular weight is 362 g/mol. The predicted molar refractivity (Wildman–Crippen MR) is 111 cm³/mol. The Kier molecular flexibility index (Phi) is 6.07. The molecular formula is C23H26N2O2. The van der Waals surface area contributed by atoms with Crippen molar-refractivity contribution in [1.82, 2.24) is 9.97 Å². The number of carbonyl (C=O) groups is 1. The number of aromatic nitrogens is 2. The number of imidazole rings is 1. The number of benzene rings is 2. The molecule has 3 rings (SSSR count). The lowest BCUT2D eigenvalue weighted by atomic mass is 9.96. The van der Waals surface area contributed by atoms with E-state index in [1.165, 1.54) is 16.7 Å². The lowest BCUT2D eigenvalue weighted by molar-refractivity contribution is -0.137. The van der Waals surface area contributed by atoms with Gasteiger partial charge in [0.1, 0.15) is 5.82 Å². The van der Waals surface area contributed by atoms with E-state index in [9.17, 15) is 4.79 Å². The second kappa shape index (κ2) is 8.67. The molecule has 4 nitrogen and oxygen atoms in total. The molecule has 0 saturated carbocycles. The zero-order chi connectivity index (χ0) is 19.2. The summed E-state index contributed by atoms with van der Waals surface area (Å²) in [5.41, 5.74) is 7.05. The van der Waals surface area contributed by atoms with Crippen molar-refractivity contribution >= 4 is 29.2 Å². The smallest absolute Gasteiger partial charge is 0.303 e. The van der Waals surface area contributed by atoms with E-state index in [1.54, 1.807) is 0 Å². The van der Waals surface area contributed by atoms with Crippen LogP contribution in [-0.4, -0.2) is 21.0 Å². The number of carboxylic acid groups (broad SMARTS) is 1. The van der Waals surface area contributed by atoms with Gasteiger partial charge < -0.3 is 10.1 Å². The minimum atomic E-state index is -0.716. The molecule has 0 aliphatic heterocycles. The summed E-state index contributed by atoms with van der Waals surface area (Å²) in [6.07, 6.45) is 7.88. The van der Waals surface area contributed by atoms with Crippen molar-refractivity contribution in [1.29, 1.82) is 0 Å². The van der Waals surface area contributed by atoms with Crippen LogP contribution in [0.3, 0.4) is 0 Å². The number of H-pyrrole nitrogens is 1. The van der Waals surface area contributed by atoms with Gasteiger partial charge in [-0.25, -0.2) is 4.98 Å². The highest BCUT2D eigenvalue weighted by Gasteiger charge is 2.12. The van der Waals surface area contributed by atoms with Crippen LogP contribution in [0.5, 0.6) is 0 Å². The molecule has 0 aliphatic carbocycles. The van der Waals surface area contributed by atoms with Crippen molar-refractivity contribution < 1.29 is 9.90 Å². The highest BCUT2D eigenvalue weighted by Crippen LogP contribution is 2.26. The van der Waals surface area contributed by atoms with Crippen molar-refractivity contribution in [3.63, 3.8) is 0 Å². The number of carboxylic acids is 1. The van der Waals surface area contributed by atoms with Gasteiger partial charge in [0.05, 0.1) is 11.0 Å². The van der Waals surface area contributed by atoms with E-state index in [0.717, 1.165) is 48.1 Å². The molecule has 1 aromatic heterocycles. The van der Waals surface area contributed by atoms with E-state index >= 15 is 0 Å². The number of fused-ring (bicyclic) bond motifs is 1. The number of aryl methyl sites for hydroxylation is 2. The van der Waals surface area contributed by atoms with Crippen LogP contribution in [0, 0.1) is 13.8 Å². The van der Waals surface area contributed by atoms with E-state index in [4.69, 9.17) is 10.1 Å². The number of rotatable bonds is 8. The van der Waals surface area contributed by atoms with Crippen LogP contribution < -0.4 is 0 Å². The number of nitrogens with zero attached hydrogens (tertiary/aromatic N) is 1. The van der Waals surface area contributed by atoms with E-state index in [2.05, 4.69) is 43.1 Å². The molecular weight excluding hydrogens is 336 g/mol. The maximum atomic E-state index is 10.7. The number of hydrogen-bond donors (Lipinski definition) is 2. The second-order valence-corrected chi connectivity index (χ2v) is 7.01. The topological polar surface area (TPSA) is 66.0 Å². The quantitative estimate of drug-likeness (QED) is 0.517. The third kappa shape index (κ3) is 4.85. The molecule has 0 atom stereocenters. The van der Waals surface area contributed by atoms with Crippen LogP contribution in [0.25, 0.3) is 23.2 Å². The van der Waals surface area contributed by atoms with Crippen LogP contribution in [0.1, 0.15) is 53.8 Å². The van der Waals surface area contributed by atoms with Gasteiger partial charge in [0.25, 0.3) is 0 Å². The normalized spacial score (nSPS) is 11.5. The summed E-state index contributed by atoms with van der Waals surface area (Å²) in [7, 11) is 0. The molecule has 140 valence electrons. The Balaban J connectivity index is 1.80. The Bertz CT molecular complexity index is 955. The maximum Gasteiger partial charge on any atom is 0.303 e. The molecule has 0 aliphatic rings. The number of aromatic amines is 1. The van der Waals surface area contributed by atoms with E-state index in [1.807, 2.05) is 24.3 Å². The first-order valence-corrected chi connectivity index (χ1v) is 9.48. The van der Waals surface area contributed by atoms with Crippen LogP contribution in [0.4, 0.5) is 0 Å². The van der Waals surface area contributed by atoms with Crippen molar-refractivity contribution in [2.24, 2.45) is 0 Å². The molecule has 4 heteroatoms. The largest absolute Gasteiger partial charge is 0.481 e. The Hall–Kier alpha value is -2.88. The number of hydrogen-bond acceptors (Lipinski definition) is 2. The van der Waals surface area contributed by atoms with Crippen LogP contribution >= 0.6 is 0 Å². The minimum Gasteiger partial charge on any atom is -0.481 e. The first-order chi connectivity index (χ1) is 13.0. The lowest BCUT2D eigenvalue weighted by Gasteiger charge is -2.09. The van der Waals surface area contributed by atoms with Gasteiger partial charge in [-0.05, 0) is 67.5 Å². The molecule has 0 unspecified atom stereocenters. The standard InChI is InChI=1S/C23H26N2O2/c1-16-15-20-23(19(17(16)2)11-7-4-8-12-22(26)27)25-21(24-20)14-13-18-9-5-3-6-10-18/h3,5-6,9-10,13-15H,4,7-8,11-12H2,1-2H3,(H,24,25)(H,26,27)/b14-13+. The monoisotopic (exact) mass is 362 g/mol. The fraction of sp³-hybridized carbons (Fsp3) is 0.304. The second-order valence-electron chi connectivity index (χ2n) is 7.01. The predicted octanol–water partition coefficient (Wildman–Crippen LogP) is 5.54. The molecule has 0 radical (unpaired) electrons. The molecule has 0 spiro atoms. The van der Waals surface area contributed by atoms with Crippen molar-refractivity contribution in [3.8, 4) is 0 Å². The first kappa shape index (κ1) is 18.9. The molecule has 0 fully saturated rings. The molecule has 0 amide bonds. The number of nitrogens with one attached hydrogen (secondary N) is 1. The molecule has 2 N–H and O–H groups in total. The Morgan fingerprint density at radius 1 is 1.11 bits per heavy atom. The van der Waals surface area contributed by atoms with Gasteiger partial charge in [0.15, 0.2) is 0 Å². The highest BCUT2D eigenvalue weighted by atomic mass is 16.4. The summed E-state index contributed by atoms with van der Waals surface area (Å²) >= 11 is 0. The summed E-state index contributed by atoms with van der Waals surface area (Å²) in [6, 6.07) is 12.3. The number of aliphatic carboxylic acids is 1. The van der Waals surface area contributed by atoms with Gasteiger partial charge in [0.2, 0.25) is 0 Å². The highest BCUT2D eigenvalue weighted by molar-refractivity contribution is 5.83. The van der Waals surface area contributed by atoms with E-state index in [-0.39, 0.29) is 6.42 Å². The van der Waals surface area contributed by atoms with Gasteiger partial charge in [-0.3, -0.25) is 4.79 Å². The summed E-state index contributed by atoms with van der Waals surface area (Å²) in [4.78, 5) is 18.9. The Morgan fingerprint density at radius 3 is 2.63 bits per heavy atom. The molecule has 0 saturated heterocycles. The maximum absolute atomic E-state index is 10.7. The SMILES string of the molecule is Cc1cc2[nH]c(/C=C/c3ccccc3)nc2c(CCCCCC(=O)O)c1C. The molecule has 3 aromatic rings. The summed E-state index contributed by atoms with van der Waals surface area (Å²) in [5, 5.41) is 8.77. The third-order valence-corrected chi connectivity index (χ3v) is 4.99. The van der Waals surface area contributed by atoms with E-state index in [0.29, 0.717) is 0 Å². The molecule has 0 bridgehead atoms. The van der Waals surface area contributed by atoms with Gasteiger partial charge in [-0.15, -0.1) is 0 Å². The Labute approximate surface area is 160 Å². The van der Waals surface area contributed by atoms with Crippen LogP contribution in [0.15, 0.2) is 36.4 Å². The summed E-state index contributed by atoms with van der Waals surface area (Å²) < 4.78 is 0. The van der Waals surface area contributed by atoms with Crippen molar-refractivity contribution in [2.75, 3.05) is 0 Å². The van der Waals surface area contributed by atoms with Crippen molar-refractivity contribution in [2.45, 2.75) is 46.0 Å². The zero-order valence-electron chi connectivity index (χ0n) is 16.0. The Morgan fingerprint density at radius 2 is 1.89 bits per heavy atom. The molecule has 1 heterocycles. The first-order valence-electron chi connectivity index (χ1n) is 9.48. The molecule has 2 aromatic carbocycles. The van der Waals surface area contributed by atoms with Gasteiger partial charge in [0, 0.05) is 6.42 Å². The minimum absolute atomic E-state index is 0.249. The summed E-state index contributed by atoms with van der Waals surface area (Å²) in [6.45, 7) is 4.28. The fourth-order valence-corrected chi connectivity index (χ4v) is 3.36. The van der Waals surface area contributed by atoms with Crippen molar-refractivity contribution in [3.05, 3.63) is 64.5 Å². The third-order valence-electron chi connectivity index (χ3n) is 4.99. The van der Waals surface area contributed by atoms with Crippen LogP contribution in [-0.2, 0) is 11.2 Å².